The van der Waals surface area contributed by atoms with Crippen LogP contribution in [0.25, 0.3) is 0 Å². The number of carbonyl (C=O) groups is 1. The third kappa shape index (κ3) is 4.73. The molecule has 3 rings (SSSR count). The van der Waals surface area contributed by atoms with Gasteiger partial charge in [-0.05, 0) is 43.0 Å². The van der Waals surface area contributed by atoms with E-state index in [9.17, 15) is 18.0 Å². The molecular weight excluding hydrogens is 359 g/mol. The Bertz CT molecular complexity index is 680. The van der Waals surface area contributed by atoms with E-state index in [0.29, 0.717) is 43.7 Å². The number of halogens is 3. The highest BCUT2D eigenvalue weighted by molar-refractivity contribution is 5.70. The average Bonchev–Trinajstić information content (AvgIpc) is 2.63. The molecule has 1 aromatic rings. The SMILES string of the molecule is Cc1c(CN2CCNCC2)cc(N2CCC(C(=O)O)CC2)cc1C(F)(F)F. The number of benzene rings is 1. The highest BCUT2D eigenvalue weighted by Crippen LogP contribution is 2.37. The molecule has 0 unspecified atom stereocenters. The molecule has 0 aromatic heterocycles. The van der Waals surface area contributed by atoms with Crippen LogP contribution in [0.5, 0.6) is 0 Å². The number of piperidine rings is 1. The third-order valence-electron chi connectivity index (χ3n) is 5.62. The number of hydrogen-bond donors (Lipinski definition) is 2. The summed E-state index contributed by atoms with van der Waals surface area (Å²) in [5, 5.41) is 12.4. The van der Waals surface area contributed by atoms with Crippen molar-refractivity contribution in [2.24, 2.45) is 5.92 Å². The molecule has 2 heterocycles. The lowest BCUT2D eigenvalue weighted by Gasteiger charge is -2.34. The van der Waals surface area contributed by atoms with Gasteiger partial charge in [0.05, 0.1) is 11.5 Å². The van der Waals surface area contributed by atoms with Crippen LogP contribution in [-0.2, 0) is 17.5 Å². The molecule has 0 aliphatic carbocycles. The molecule has 0 atom stereocenters. The topological polar surface area (TPSA) is 55.8 Å². The summed E-state index contributed by atoms with van der Waals surface area (Å²) in [5.41, 5.74) is 0.930. The van der Waals surface area contributed by atoms with E-state index in [0.717, 1.165) is 26.2 Å². The van der Waals surface area contributed by atoms with Crippen molar-refractivity contribution in [3.05, 3.63) is 28.8 Å². The molecule has 2 fully saturated rings. The summed E-state index contributed by atoms with van der Waals surface area (Å²) in [5.74, 6) is -1.23. The summed E-state index contributed by atoms with van der Waals surface area (Å²) < 4.78 is 40.8. The highest BCUT2D eigenvalue weighted by Gasteiger charge is 2.35. The number of carboxylic acids is 1. The second-order valence-electron chi connectivity index (χ2n) is 7.40. The largest absolute Gasteiger partial charge is 0.481 e. The van der Waals surface area contributed by atoms with Gasteiger partial charge in [-0.3, -0.25) is 9.69 Å². The van der Waals surface area contributed by atoms with Crippen LogP contribution in [0.3, 0.4) is 0 Å². The third-order valence-corrected chi connectivity index (χ3v) is 5.62. The number of piperazine rings is 1. The summed E-state index contributed by atoms with van der Waals surface area (Å²) in [4.78, 5) is 15.2. The number of nitrogens with zero attached hydrogens (tertiary/aromatic N) is 2. The van der Waals surface area contributed by atoms with Gasteiger partial charge in [0.25, 0.3) is 0 Å². The first kappa shape index (κ1) is 19.9. The Kier molecular flexibility index (Phi) is 5.95. The van der Waals surface area contributed by atoms with Gasteiger partial charge in [0, 0.05) is 51.5 Å². The van der Waals surface area contributed by atoms with E-state index in [1.807, 2.05) is 11.0 Å². The fourth-order valence-corrected chi connectivity index (χ4v) is 3.89. The zero-order valence-corrected chi connectivity index (χ0v) is 15.5. The van der Waals surface area contributed by atoms with Crippen molar-refractivity contribution >= 4 is 11.7 Å². The predicted molar refractivity (Wildman–Crippen MR) is 96.9 cm³/mol. The van der Waals surface area contributed by atoms with E-state index >= 15 is 0 Å². The molecule has 2 aliphatic heterocycles. The van der Waals surface area contributed by atoms with Gasteiger partial charge in [-0.2, -0.15) is 13.2 Å². The summed E-state index contributed by atoms with van der Waals surface area (Å²) >= 11 is 0. The van der Waals surface area contributed by atoms with Gasteiger partial charge in [0.2, 0.25) is 0 Å². The van der Waals surface area contributed by atoms with Crippen molar-refractivity contribution in [2.75, 3.05) is 44.2 Å². The quantitative estimate of drug-likeness (QED) is 0.835. The monoisotopic (exact) mass is 385 g/mol. The van der Waals surface area contributed by atoms with E-state index in [1.165, 1.54) is 6.07 Å². The van der Waals surface area contributed by atoms with Gasteiger partial charge in [-0.15, -0.1) is 0 Å². The second-order valence-corrected chi connectivity index (χ2v) is 7.40. The normalized spacial score (nSPS) is 20.1. The van der Waals surface area contributed by atoms with Crippen molar-refractivity contribution < 1.29 is 23.1 Å². The molecule has 0 amide bonds. The molecule has 0 saturated carbocycles. The minimum absolute atomic E-state index is 0.283. The van der Waals surface area contributed by atoms with Crippen molar-refractivity contribution in [3.63, 3.8) is 0 Å². The van der Waals surface area contributed by atoms with Crippen LogP contribution in [0.4, 0.5) is 18.9 Å². The first-order valence-corrected chi connectivity index (χ1v) is 9.37. The Morgan fingerprint density at radius 2 is 1.81 bits per heavy atom. The Hall–Kier alpha value is -1.80. The zero-order valence-electron chi connectivity index (χ0n) is 15.5. The lowest BCUT2D eigenvalue weighted by atomic mass is 9.95. The number of rotatable bonds is 4. The van der Waals surface area contributed by atoms with Crippen LogP contribution in [0, 0.1) is 12.8 Å². The fourth-order valence-electron chi connectivity index (χ4n) is 3.89. The Labute approximate surface area is 157 Å². The van der Waals surface area contributed by atoms with Gasteiger partial charge in [-0.1, -0.05) is 0 Å². The first-order chi connectivity index (χ1) is 12.8. The maximum absolute atomic E-state index is 13.6. The Morgan fingerprint density at radius 1 is 1.19 bits per heavy atom. The number of anilines is 1. The van der Waals surface area contributed by atoms with Crippen LogP contribution in [0.1, 0.15) is 29.5 Å². The van der Waals surface area contributed by atoms with Crippen molar-refractivity contribution in [1.82, 2.24) is 10.2 Å². The maximum Gasteiger partial charge on any atom is 0.416 e. The lowest BCUT2D eigenvalue weighted by molar-refractivity contribution is -0.142. The Balaban J connectivity index is 1.87. The maximum atomic E-state index is 13.6. The average molecular weight is 385 g/mol. The van der Waals surface area contributed by atoms with Gasteiger partial charge >= 0.3 is 12.1 Å². The first-order valence-electron chi connectivity index (χ1n) is 9.37. The molecule has 8 heteroatoms. The molecule has 5 nitrogen and oxygen atoms in total. The molecule has 27 heavy (non-hydrogen) atoms. The fraction of sp³-hybridized carbons (Fsp3) is 0.632. The highest BCUT2D eigenvalue weighted by atomic mass is 19.4. The van der Waals surface area contributed by atoms with Crippen LogP contribution >= 0.6 is 0 Å². The van der Waals surface area contributed by atoms with E-state index in [4.69, 9.17) is 5.11 Å². The van der Waals surface area contributed by atoms with Crippen molar-refractivity contribution in [1.29, 1.82) is 0 Å². The molecule has 2 saturated heterocycles. The number of carboxylic acid groups (broad SMARTS) is 1. The van der Waals surface area contributed by atoms with E-state index < -0.39 is 23.6 Å². The number of hydrogen-bond acceptors (Lipinski definition) is 4. The minimum Gasteiger partial charge on any atom is -0.481 e. The van der Waals surface area contributed by atoms with Crippen molar-refractivity contribution in [2.45, 2.75) is 32.5 Å². The summed E-state index contributed by atoms with van der Waals surface area (Å²) in [7, 11) is 0. The molecule has 0 bridgehead atoms. The van der Waals surface area contributed by atoms with Gasteiger partial charge in [-0.25, -0.2) is 0 Å². The molecule has 0 spiro atoms. The Morgan fingerprint density at radius 3 is 2.37 bits per heavy atom. The molecule has 2 aliphatic rings. The standard InChI is InChI=1S/C19H26F3N3O2/c1-13-15(12-24-8-4-23-5-9-24)10-16(11-17(13)19(20,21)22)25-6-2-14(3-7-25)18(26)27/h10-11,14,23H,2-9,12H2,1H3,(H,26,27). The number of nitrogens with one attached hydrogen (secondary N) is 1. The van der Waals surface area contributed by atoms with Gasteiger partial charge < -0.3 is 15.3 Å². The lowest BCUT2D eigenvalue weighted by Crippen LogP contribution is -2.43. The molecule has 150 valence electrons. The molecule has 2 N–H and O–H groups in total. The molecular formula is C19H26F3N3O2. The number of alkyl halides is 3. The predicted octanol–water partition coefficient (Wildman–Crippen LogP) is 2.72. The minimum atomic E-state index is -4.41. The van der Waals surface area contributed by atoms with E-state index in [2.05, 4.69) is 10.2 Å². The smallest absolute Gasteiger partial charge is 0.416 e. The van der Waals surface area contributed by atoms with Crippen LogP contribution in [-0.4, -0.2) is 55.2 Å². The summed E-state index contributed by atoms with van der Waals surface area (Å²) in [6.07, 6.45) is -3.49. The van der Waals surface area contributed by atoms with Crippen LogP contribution in [0.2, 0.25) is 0 Å². The zero-order chi connectivity index (χ0) is 19.6. The second kappa shape index (κ2) is 8.06. The molecule has 1 aromatic carbocycles. The summed E-state index contributed by atoms with van der Waals surface area (Å²) in [6.45, 7) is 6.27. The van der Waals surface area contributed by atoms with Gasteiger partial charge in [0.1, 0.15) is 0 Å². The van der Waals surface area contributed by atoms with Crippen LogP contribution < -0.4 is 10.2 Å². The summed E-state index contributed by atoms with van der Waals surface area (Å²) in [6, 6.07) is 3.07. The van der Waals surface area contributed by atoms with E-state index in [1.54, 1.807) is 6.92 Å². The van der Waals surface area contributed by atoms with Crippen LogP contribution in [0.15, 0.2) is 12.1 Å². The molecule has 0 radical (unpaired) electrons. The van der Waals surface area contributed by atoms with Crippen molar-refractivity contribution in [3.8, 4) is 0 Å². The number of aliphatic carboxylic acids is 1. The van der Waals surface area contributed by atoms with E-state index in [-0.39, 0.29) is 5.56 Å². The van der Waals surface area contributed by atoms with Gasteiger partial charge in [0.15, 0.2) is 0 Å².